The smallest absolute Gasteiger partial charge is 0.269 e. The highest BCUT2D eigenvalue weighted by Gasteiger charge is 2.25. The van der Waals surface area contributed by atoms with Crippen molar-refractivity contribution in [1.29, 1.82) is 0 Å². The molecule has 0 unspecified atom stereocenters. The van der Waals surface area contributed by atoms with Crippen molar-refractivity contribution in [2.75, 3.05) is 6.79 Å². The molecular formula is C18H11IN4O4. The van der Waals surface area contributed by atoms with Gasteiger partial charge in [-0.3, -0.25) is 10.1 Å². The van der Waals surface area contributed by atoms with Crippen LogP contribution in [-0.2, 0) is 6.42 Å². The first-order valence-corrected chi connectivity index (χ1v) is 9.17. The molecule has 0 N–H and O–H groups in total. The molecule has 1 aromatic heterocycles. The number of imidazole rings is 1. The molecule has 134 valence electrons. The lowest BCUT2D eigenvalue weighted by Gasteiger charge is -2.10. The third-order valence-electron chi connectivity index (χ3n) is 4.52. The van der Waals surface area contributed by atoms with Crippen LogP contribution in [-0.4, -0.2) is 27.1 Å². The van der Waals surface area contributed by atoms with Crippen molar-refractivity contribution in [3.05, 3.63) is 78.9 Å². The van der Waals surface area contributed by atoms with E-state index >= 15 is 0 Å². The molecule has 0 amide bonds. The summed E-state index contributed by atoms with van der Waals surface area (Å²) >= 11 is 2.19. The summed E-state index contributed by atoms with van der Waals surface area (Å²) in [5.41, 5.74) is 3.43. The maximum absolute atomic E-state index is 11.0. The molecule has 2 aromatic carbocycles. The number of hydrogen-bond acceptors (Lipinski definition) is 6. The van der Waals surface area contributed by atoms with E-state index in [0.29, 0.717) is 23.6 Å². The quantitative estimate of drug-likeness (QED) is 0.253. The number of halogens is 1. The highest BCUT2D eigenvalue weighted by molar-refractivity contribution is 14.1. The number of hydrogen-bond donors (Lipinski definition) is 0. The van der Waals surface area contributed by atoms with Gasteiger partial charge < -0.3 is 9.47 Å². The Morgan fingerprint density at radius 3 is 2.63 bits per heavy atom. The van der Waals surface area contributed by atoms with E-state index < -0.39 is 4.92 Å². The Labute approximate surface area is 166 Å². The predicted octanol–water partition coefficient (Wildman–Crippen LogP) is 3.33. The van der Waals surface area contributed by atoms with Crippen LogP contribution in [0.25, 0.3) is 0 Å². The van der Waals surface area contributed by atoms with Gasteiger partial charge in [-0.25, -0.2) is 9.66 Å². The van der Waals surface area contributed by atoms with Crippen molar-refractivity contribution in [2.45, 2.75) is 6.42 Å². The predicted molar refractivity (Wildman–Crippen MR) is 104 cm³/mol. The zero-order valence-corrected chi connectivity index (χ0v) is 15.9. The van der Waals surface area contributed by atoms with Gasteiger partial charge >= 0.3 is 0 Å². The number of fused-ring (bicyclic) bond motifs is 3. The van der Waals surface area contributed by atoms with Gasteiger partial charge in [-0.2, -0.15) is 5.10 Å². The van der Waals surface area contributed by atoms with E-state index in [1.54, 1.807) is 23.0 Å². The van der Waals surface area contributed by atoms with E-state index in [4.69, 9.17) is 14.6 Å². The minimum Gasteiger partial charge on any atom is -0.454 e. The van der Waals surface area contributed by atoms with Gasteiger partial charge in [0.1, 0.15) is 9.53 Å². The summed E-state index contributed by atoms with van der Waals surface area (Å²) in [5, 5.41) is 15.8. The van der Waals surface area contributed by atoms with Crippen LogP contribution in [0.2, 0.25) is 0 Å². The highest BCUT2D eigenvalue weighted by atomic mass is 127. The van der Waals surface area contributed by atoms with Crippen LogP contribution in [0.3, 0.4) is 0 Å². The molecule has 2 aliphatic rings. The van der Waals surface area contributed by atoms with Gasteiger partial charge in [0.2, 0.25) is 6.79 Å². The number of nitro benzene ring substituents is 1. The SMILES string of the molecule is O=[N+]([O-])c1ccc(C2=Nn3c(I)cnc3Cc3cc4c(cc32)OCO4)cc1. The van der Waals surface area contributed by atoms with Crippen molar-refractivity contribution in [1.82, 2.24) is 9.66 Å². The van der Waals surface area contributed by atoms with E-state index in [1.807, 2.05) is 12.1 Å². The van der Waals surface area contributed by atoms with Gasteiger partial charge in [-0.15, -0.1) is 0 Å². The molecular weight excluding hydrogens is 463 g/mol. The normalized spacial score (nSPS) is 14.2. The van der Waals surface area contributed by atoms with Crippen LogP contribution in [0.5, 0.6) is 11.5 Å². The van der Waals surface area contributed by atoms with Gasteiger partial charge in [0.05, 0.1) is 16.8 Å². The van der Waals surface area contributed by atoms with Crippen molar-refractivity contribution < 1.29 is 14.4 Å². The van der Waals surface area contributed by atoms with Crippen LogP contribution in [0.15, 0.2) is 47.7 Å². The number of rotatable bonds is 2. The average molecular weight is 474 g/mol. The van der Waals surface area contributed by atoms with E-state index in [1.165, 1.54) is 12.1 Å². The maximum atomic E-state index is 11.0. The first kappa shape index (κ1) is 16.2. The number of aromatic nitrogens is 2. The molecule has 3 heterocycles. The molecule has 2 aliphatic heterocycles. The second-order valence-corrected chi connectivity index (χ2v) is 7.21. The van der Waals surface area contributed by atoms with Crippen LogP contribution in [0, 0.1) is 13.8 Å². The lowest BCUT2D eigenvalue weighted by Crippen LogP contribution is -2.07. The van der Waals surface area contributed by atoms with E-state index in [-0.39, 0.29) is 12.5 Å². The van der Waals surface area contributed by atoms with Gasteiger partial charge in [0.25, 0.3) is 5.69 Å². The minimum atomic E-state index is -0.415. The second-order valence-electron chi connectivity index (χ2n) is 6.10. The van der Waals surface area contributed by atoms with Crippen LogP contribution < -0.4 is 9.47 Å². The molecule has 0 atom stereocenters. The fourth-order valence-electron chi connectivity index (χ4n) is 3.22. The molecule has 9 heteroatoms. The molecule has 0 fully saturated rings. The van der Waals surface area contributed by atoms with Gasteiger partial charge in [0.15, 0.2) is 11.5 Å². The summed E-state index contributed by atoms with van der Waals surface area (Å²) in [6, 6.07) is 10.2. The molecule has 0 saturated heterocycles. The number of benzene rings is 2. The Balaban J connectivity index is 1.73. The summed E-state index contributed by atoms with van der Waals surface area (Å²) in [6.45, 7) is 0.189. The standard InChI is InChI=1S/C18H11IN4O4/c19-16-8-20-17-6-11-5-14-15(27-9-26-14)7-13(11)18(21-22(16)17)10-1-3-12(4-2-10)23(24)25/h1-5,7-8H,6,9H2. The lowest BCUT2D eigenvalue weighted by atomic mass is 9.95. The summed E-state index contributed by atoms with van der Waals surface area (Å²) in [5.74, 6) is 2.18. The zero-order valence-electron chi connectivity index (χ0n) is 13.8. The Hall–Kier alpha value is -2.95. The van der Waals surface area contributed by atoms with E-state index in [2.05, 4.69) is 27.6 Å². The summed E-state index contributed by atoms with van der Waals surface area (Å²) < 4.78 is 13.7. The number of nitrogens with zero attached hydrogens (tertiary/aromatic N) is 4. The van der Waals surface area contributed by atoms with E-state index in [0.717, 1.165) is 26.2 Å². The van der Waals surface area contributed by atoms with Gasteiger partial charge in [0, 0.05) is 29.7 Å². The van der Waals surface area contributed by atoms with Crippen LogP contribution >= 0.6 is 22.6 Å². The van der Waals surface area contributed by atoms with E-state index in [9.17, 15) is 10.1 Å². The lowest BCUT2D eigenvalue weighted by molar-refractivity contribution is -0.384. The van der Waals surface area contributed by atoms with Crippen molar-refractivity contribution in [2.24, 2.45) is 5.10 Å². The van der Waals surface area contributed by atoms with Crippen molar-refractivity contribution in [3.63, 3.8) is 0 Å². The van der Waals surface area contributed by atoms with Crippen molar-refractivity contribution >= 4 is 34.0 Å². The maximum Gasteiger partial charge on any atom is 0.269 e. The zero-order chi connectivity index (χ0) is 18.5. The molecule has 5 rings (SSSR count). The molecule has 0 spiro atoms. The van der Waals surface area contributed by atoms with Gasteiger partial charge in [-0.05, 0) is 52.4 Å². The Kier molecular flexibility index (Phi) is 3.64. The highest BCUT2D eigenvalue weighted by Crippen LogP contribution is 2.37. The summed E-state index contributed by atoms with van der Waals surface area (Å²) in [4.78, 5) is 15.0. The third kappa shape index (κ3) is 2.65. The largest absolute Gasteiger partial charge is 0.454 e. The number of nitro groups is 1. The molecule has 3 aromatic rings. The topological polar surface area (TPSA) is 91.8 Å². The fourth-order valence-corrected chi connectivity index (χ4v) is 3.74. The monoisotopic (exact) mass is 474 g/mol. The third-order valence-corrected chi connectivity index (χ3v) is 5.26. The molecule has 0 bridgehead atoms. The average Bonchev–Trinajstić information content (AvgIpc) is 3.21. The fraction of sp³-hybridized carbons (Fsp3) is 0.111. The Morgan fingerprint density at radius 1 is 1.15 bits per heavy atom. The second kappa shape index (κ2) is 6.05. The molecule has 8 nitrogen and oxygen atoms in total. The van der Waals surface area contributed by atoms with Crippen LogP contribution in [0.1, 0.15) is 22.5 Å². The molecule has 0 saturated carbocycles. The van der Waals surface area contributed by atoms with Crippen molar-refractivity contribution in [3.8, 4) is 11.5 Å². The molecule has 0 radical (unpaired) electrons. The Morgan fingerprint density at radius 2 is 1.89 bits per heavy atom. The molecule has 0 aliphatic carbocycles. The first-order valence-electron chi connectivity index (χ1n) is 8.09. The summed E-state index contributed by atoms with van der Waals surface area (Å²) in [6.07, 6.45) is 2.36. The first-order chi connectivity index (χ1) is 13.1. The number of ether oxygens (including phenoxy) is 2. The number of non-ortho nitro benzene ring substituents is 1. The Bertz CT molecular complexity index is 1120. The summed E-state index contributed by atoms with van der Waals surface area (Å²) in [7, 11) is 0. The van der Waals surface area contributed by atoms with Gasteiger partial charge in [-0.1, -0.05) is 0 Å². The molecule has 27 heavy (non-hydrogen) atoms. The minimum absolute atomic E-state index is 0.0387. The van der Waals surface area contributed by atoms with Crippen LogP contribution in [0.4, 0.5) is 5.69 Å².